The molecular formula is C31H23N3O5S. The number of nitrogens with zero attached hydrogens (tertiary/aromatic N) is 2. The number of H-pyrrole nitrogens is 1. The molecule has 1 N–H and O–H groups in total. The molecule has 0 spiro atoms. The molecule has 0 saturated carbocycles. The molecule has 9 heteroatoms. The normalized spacial score (nSPS) is 16.2. The number of fused-ring (bicyclic) bond motifs is 3. The molecule has 198 valence electrons. The zero-order valence-electron chi connectivity index (χ0n) is 21.4. The molecule has 2 aromatic heterocycles. The Kier molecular flexibility index (Phi) is 5.86. The van der Waals surface area contributed by atoms with Crippen LogP contribution in [0, 0.1) is 0 Å². The van der Waals surface area contributed by atoms with Gasteiger partial charge in [0.15, 0.2) is 16.3 Å². The molecule has 5 aromatic rings. The highest BCUT2D eigenvalue weighted by Crippen LogP contribution is 2.40. The summed E-state index contributed by atoms with van der Waals surface area (Å²) in [6, 6.07) is 22.1. The van der Waals surface area contributed by atoms with E-state index in [0.717, 1.165) is 22.0 Å². The van der Waals surface area contributed by atoms with Gasteiger partial charge in [0.25, 0.3) is 5.56 Å². The number of hydrogen-bond acceptors (Lipinski definition) is 7. The first kappa shape index (κ1) is 24.2. The largest absolute Gasteiger partial charge is 0.463 e. The van der Waals surface area contributed by atoms with Crippen molar-refractivity contribution in [1.29, 1.82) is 0 Å². The Labute approximate surface area is 232 Å². The Morgan fingerprint density at radius 1 is 1.10 bits per heavy atom. The number of carbonyl (C=O) groups excluding carboxylic acids is 1. The monoisotopic (exact) mass is 549 g/mol. The van der Waals surface area contributed by atoms with Gasteiger partial charge >= 0.3 is 5.97 Å². The molecule has 7 rings (SSSR count). The molecule has 0 unspecified atom stereocenters. The number of esters is 1. The molecule has 0 fully saturated rings. The van der Waals surface area contributed by atoms with Gasteiger partial charge in [-0.05, 0) is 36.8 Å². The van der Waals surface area contributed by atoms with Crippen molar-refractivity contribution in [2.24, 2.45) is 4.99 Å². The summed E-state index contributed by atoms with van der Waals surface area (Å²) in [5.41, 5.74) is 3.84. The number of hydrogen-bond donors (Lipinski definition) is 1. The van der Waals surface area contributed by atoms with E-state index in [4.69, 9.17) is 19.2 Å². The third-order valence-corrected chi connectivity index (χ3v) is 7.98. The predicted molar refractivity (Wildman–Crippen MR) is 152 cm³/mol. The van der Waals surface area contributed by atoms with Crippen molar-refractivity contribution < 1.29 is 19.0 Å². The number of rotatable bonds is 5. The predicted octanol–water partition coefficient (Wildman–Crippen LogP) is 4.15. The van der Waals surface area contributed by atoms with Crippen molar-refractivity contribution in [3.8, 4) is 11.5 Å². The van der Waals surface area contributed by atoms with E-state index >= 15 is 0 Å². The van der Waals surface area contributed by atoms with Gasteiger partial charge in [-0.1, -0.05) is 65.9 Å². The minimum absolute atomic E-state index is 0.113. The Bertz CT molecular complexity index is 2000. The first-order chi connectivity index (χ1) is 19.6. The Balaban J connectivity index is 1.51. The second-order valence-corrected chi connectivity index (χ2v) is 10.3. The zero-order valence-corrected chi connectivity index (χ0v) is 22.2. The molecule has 0 bridgehead atoms. The highest BCUT2D eigenvalue weighted by atomic mass is 32.1. The summed E-state index contributed by atoms with van der Waals surface area (Å²) in [7, 11) is 0. The van der Waals surface area contributed by atoms with Crippen LogP contribution in [-0.4, -0.2) is 28.9 Å². The van der Waals surface area contributed by atoms with Crippen molar-refractivity contribution in [1.82, 2.24) is 9.55 Å². The lowest BCUT2D eigenvalue weighted by Crippen LogP contribution is -2.40. The maximum absolute atomic E-state index is 14.1. The lowest BCUT2D eigenvalue weighted by molar-refractivity contribution is -0.138. The van der Waals surface area contributed by atoms with Crippen LogP contribution in [0.25, 0.3) is 22.7 Å². The maximum atomic E-state index is 14.1. The lowest BCUT2D eigenvalue weighted by atomic mass is 9.93. The third-order valence-electron chi connectivity index (χ3n) is 6.99. The van der Waals surface area contributed by atoms with Crippen molar-refractivity contribution in [3.05, 3.63) is 121 Å². The van der Waals surface area contributed by atoms with Gasteiger partial charge in [0.05, 0.1) is 28.5 Å². The number of thiazole rings is 1. The van der Waals surface area contributed by atoms with E-state index in [1.54, 1.807) is 17.6 Å². The molecule has 0 radical (unpaired) electrons. The van der Waals surface area contributed by atoms with E-state index in [0.29, 0.717) is 32.1 Å². The molecule has 0 amide bonds. The molecular weight excluding hydrogens is 526 g/mol. The molecule has 3 aromatic carbocycles. The van der Waals surface area contributed by atoms with Crippen LogP contribution in [0.2, 0.25) is 0 Å². The summed E-state index contributed by atoms with van der Waals surface area (Å²) in [5, 5.41) is 1.01. The van der Waals surface area contributed by atoms with Crippen molar-refractivity contribution in [3.63, 3.8) is 0 Å². The second-order valence-electron chi connectivity index (χ2n) is 9.33. The highest BCUT2D eigenvalue weighted by Gasteiger charge is 2.36. The van der Waals surface area contributed by atoms with Crippen molar-refractivity contribution in [2.75, 3.05) is 13.4 Å². The van der Waals surface area contributed by atoms with Crippen molar-refractivity contribution >= 4 is 40.0 Å². The van der Waals surface area contributed by atoms with Crippen LogP contribution in [0.1, 0.15) is 29.7 Å². The van der Waals surface area contributed by atoms with Gasteiger partial charge in [-0.3, -0.25) is 9.36 Å². The van der Waals surface area contributed by atoms with E-state index in [-0.39, 0.29) is 24.5 Å². The number of carbonyl (C=O) groups is 1. The van der Waals surface area contributed by atoms with E-state index < -0.39 is 12.0 Å². The van der Waals surface area contributed by atoms with Crippen LogP contribution in [-0.2, 0) is 9.53 Å². The van der Waals surface area contributed by atoms with Crippen molar-refractivity contribution in [2.45, 2.75) is 13.0 Å². The summed E-state index contributed by atoms with van der Waals surface area (Å²) >= 11 is 1.29. The van der Waals surface area contributed by atoms with Crippen LogP contribution in [0.3, 0.4) is 0 Å². The number of nitrogens with one attached hydrogen (secondary N) is 1. The fourth-order valence-electron chi connectivity index (χ4n) is 5.19. The van der Waals surface area contributed by atoms with Gasteiger partial charge in [-0.2, -0.15) is 0 Å². The summed E-state index contributed by atoms with van der Waals surface area (Å²) in [6.07, 6.45) is 3.76. The van der Waals surface area contributed by atoms with Gasteiger partial charge < -0.3 is 19.2 Å². The molecule has 8 nitrogen and oxygen atoms in total. The molecule has 0 saturated heterocycles. The Morgan fingerprint density at radius 2 is 1.90 bits per heavy atom. The number of ether oxygens (including phenoxy) is 3. The van der Waals surface area contributed by atoms with Gasteiger partial charge in [0, 0.05) is 28.2 Å². The van der Waals surface area contributed by atoms with Crippen LogP contribution in [0.4, 0.5) is 0 Å². The molecule has 0 aliphatic carbocycles. The fraction of sp³-hybridized carbons (Fsp3) is 0.129. The minimum Gasteiger partial charge on any atom is -0.463 e. The number of benzene rings is 3. The van der Waals surface area contributed by atoms with E-state index in [2.05, 4.69) is 4.98 Å². The van der Waals surface area contributed by atoms with E-state index in [9.17, 15) is 9.59 Å². The average Bonchev–Trinajstić information content (AvgIpc) is 3.70. The summed E-state index contributed by atoms with van der Waals surface area (Å²) in [6.45, 7) is 2.05. The number of aromatic amines is 1. The Hall–Kier alpha value is -4.89. The second kappa shape index (κ2) is 9.69. The van der Waals surface area contributed by atoms with Crippen LogP contribution >= 0.6 is 11.3 Å². The van der Waals surface area contributed by atoms with Gasteiger partial charge in [0.1, 0.15) is 0 Å². The first-order valence-corrected chi connectivity index (χ1v) is 13.7. The smallest absolute Gasteiger partial charge is 0.338 e. The molecule has 4 heterocycles. The van der Waals surface area contributed by atoms with Crippen LogP contribution in [0.5, 0.6) is 11.5 Å². The van der Waals surface area contributed by atoms with Crippen LogP contribution in [0.15, 0.2) is 94.4 Å². The topological polar surface area (TPSA) is 94.9 Å². The molecule has 40 heavy (non-hydrogen) atoms. The molecule has 2 aliphatic heterocycles. The highest BCUT2D eigenvalue weighted by molar-refractivity contribution is 7.07. The summed E-state index contributed by atoms with van der Waals surface area (Å²) in [4.78, 5) is 36.4. The van der Waals surface area contributed by atoms with Crippen LogP contribution < -0.4 is 24.4 Å². The zero-order chi connectivity index (χ0) is 27.2. The SMILES string of the molecule is CCOC(=O)C1=C(c2ccccc2)N=c2s/c(=C\c3c[nH]c4ccccc34)c(=O)n2[C@@H]1c1ccc2c(c1)OCO2. The number of para-hydroxylation sites is 1. The van der Waals surface area contributed by atoms with E-state index in [1.807, 2.05) is 79.0 Å². The third kappa shape index (κ3) is 3.94. The van der Waals surface area contributed by atoms with Gasteiger partial charge in [0.2, 0.25) is 6.79 Å². The Morgan fingerprint density at radius 3 is 2.75 bits per heavy atom. The lowest BCUT2D eigenvalue weighted by Gasteiger charge is -2.26. The first-order valence-electron chi connectivity index (χ1n) is 12.9. The van der Waals surface area contributed by atoms with Gasteiger partial charge in [-0.25, -0.2) is 9.79 Å². The summed E-state index contributed by atoms with van der Waals surface area (Å²) in [5.74, 6) is 0.638. The minimum atomic E-state index is -0.787. The quantitative estimate of drug-likeness (QED) is 0.333. The van der Waals surface area contributed by atoms with Gasteiger partial charge in [-0.15, -0.1) is 0 Å². The summed E-state index contributed by atoms with van der Waals surface area (Å²) < 4.78 is 18.8. The molecule has 1 atom stereocenters. The number of aromatic nitrogens is 2. The van der Waals surface area contributed by atoms with E-state index in [1.165, 1.54) is 11.3 Å². The fourth-order valence-corrected chi connectivity index (χ4v) is 6.19. The molecule has 2 aliphatic rings. The standard InChI is InChI=1S/C31H23N3O5S/c1-2-37-30(36)26-27(18-8-4-3-5-9-18)33-31-34(28(26)19-12-13-23-24(14-19)39-17-38-23)29(35)25(40-31)15-20-16-32-22-11-7-6-10-21(20)22/h3-16,28,32H,2,17H2,1H3/b25-15-/t28-/m1/s1. The maximum Gasteiger partial charge on any atom is 0.338 e. The average molecular weight is 550 g/mol.